The van der Waals surface area contributed by atoms with Crippen LogP contribution in [0, 0.1) is 0 Å². The van der Waals surface area contributed by atoms with Crippen LogP contribution in [0.3, 0.4) is 0 Å². The fourth-order valence-corrected chi connectivity index (χ4v) is 2.16. The highest BCUT2D eigenvalue weighted by Gasteiger charge is 2.16. The summed E-state index contributed by atoms with van der Waals surface area (Å²) in [4.78, 5) is 9.36. The Bertz CT molecular complexity index is 373. The first-order chi connectivity index (χ1) is 4.77. The van der Waals surface area contributed by atoms with Gasteiger partial charge in [-0.25, -0.2) is 4.79 Å². The maximum absolute atomic E-state index is 10.2. The third kappa shape index (κ3) is 5.95. The van der Waals surface area contributed by atoms with Crippen LogP contribution in [-0.2, 0) is 24.2 Å². The highest BCUT2D eigenvalue weighted by atomic mass is 35.7. The molecule has 0 heterocycles. The topological polar surface area (TPSA) is 110 Å². The summed E-state index contributed by atoms with van der Waals surface area (Å²) >= 11 is 0. The largest absolute Gasteiger partial charge is 0.344 e. The summed E-state index contributed by atoms with van der Waals surface area (Å²) in [6.07, 6.45) is 0.632. The second-order valence-corrected chi connectivity index (χ2v) is 5.07. The van der Waals surface area contributed by atoms with Crippen molar-refractivity contribution in [3.63, 3.8) is 0 Å². The Morgan fingerprint density at radius 3 is 2.00 bits per heavy atom. The Hall–Kier alpha value is -0.470. The van der Waals surface area contributed by atoms with Crippen LogP contribution < -0.4 is 4.13 Å². The summed E-state index contributed by atoms with van der Waals surface area (Å²) in [5.74, 6) is 0. The fourth-order valence-electron chi connectivity index (χ4n) is 0.193. The highest BCUT2D eigenvalue weighted by molar-refractivity contribution is 8.18. The molecule has 0 amide bonds. The number of nitrogens with zero attached hydrogens (tertiary/aromatic N) is 1. The highest BCUT2D eigenvalue weighted by Crippen LogP contribution is 1.94. The predicted molar refractivity (Wildman–Crippen MR) is 34.9 cm³/mol. The molecule has 0 fully saturated rings. The van der Waals surface area contributed by atoms with E-state index in [-0.39, 0.29) is 0 Å². The second kappa shape index (κ2) is 3.28. The van der Waals surface area contributed by atoms with Crippen LogP contribution in [-0.4, -0.2) is 22.9 Å². The van der Waals surface area contributed by atoms with Gasteiger partial charge in [-0.05, 0) is 0 Å². The van der Waals surface area contributed by atoms with E-state index in [1.807, 2.05) is 0 Å². The Kier molecular flexibility index (Phi) is 3.14. The zero-order chi connectivity index (χ0) is 9.12. The molecule has 0 unspecified atom stereocenters. The molecule has 0 saturated carbocycles. The first-order valence-corrected chi connectivity index (χ1v) is 5.59. The molecule has 0 aromatic carbocycles. The molecule has 0 saturated heterocycles. The van der Waals surface area contributed by atoms with Crippen molar-refractivity contribution in [3.05, 3.63) is 0 Å². The van der Waals surface area contributed by atoms with Gasteiger partial charge in [-0.1, -0.05) is 8.53 Å². The molecule has 0 aliphatic rings. The van der Waals surface area contributed by atoms with Crippen molar-refractivity contribution in [1.29, 1.82) is 0 Å². The van der Waals surface area contributed by atoms with Crippen LogP contribution in [0.4, 0.5) is 0 Å². The van der Waals surface area contributed by atoms with Crippen molar-refractivity contribution in [2.24, 2.45) is 4.40 Å². The maximum Gasteiger partial charge on any atom is 0.344 e. The molecule has 0 bridgehead atoms. The van der Waals surface area contributed by atoms with Gasteiger partial charge in [0.1, 0.15) is 0 Å². The van der Waals surface area contributed by atoms with Crippen molar-refractivity contribution in [1.82, 2.24) is 4.13 Å². The minimum atomic E-state index is -4.56. The van der Waals surface area contributed by atoms with Crippen LogP contribution >= 0.6 is 10.7 Å². The lowest BCUT2D eigenvalue weighted by Gasteiger charge is -1.91. The van der Waals surface area contributed by atoms with Crippen LogP contribution in [0.1, 0.15) is 0 Å². The summed E-state index contributed by atoms with van der Waals surface area (Å²) in [5, 5.41) is 0. The SMILES string of the molecule is O=C=NS(=O)(=O)NS(=O)(=O)Cl. The summed E-state index contributed by atoms with van der Waals surface area (Å²) < 4.78 is 43.5. The van der Waals surface area contributed by atoms with Gasteiger partial charge < -0.3 is 0 Å². The number of rotatable bonds is 3. The third-order valence-corrected chi connectivity index (χ3v) is 2.88. The summed E-state index contributed by atoms with van der Waals surface area (Å²) in [5.41, 5.74) is 0. The zero-order valence-electron chi connectivity index (χ0n) is 4.68. The summed E-state index contributed by atoms with van der Waals surface area (Å²) in [7, 11) is -4.55. The van der Waals surface area contributed by atoms with E-state index in [0.717, 1.165) is 4.13 Å². The standard InChI is InChI=1S/CHClN2O5S2/c2-10(6,7)4-11(8,9)3-1-5/h4H. The van der Waals surface area contributed by atoms with Crippen LogP contribution in [0.15, 0.2) is 4.40 Å². The molecular weight excluding hydrogens is 220 g/mol. The Morgan fingerprint density at radius 1 is 1.27 bits per heavy atom. The second-order valence-electron chi connectivity index (χ2n) is 1.18. The van der Waals surface area contributed by atoms with Crippen molar-refractivity contribution >= 4 is 36.2 Å². The molecule has 0 aliphatic heterocycles. The van der Waals surface area contributed by atoms with E-state index in [9.17, 15) is 21.6 Å². The molecule has 7 nitrogen and oxygen atoms in total. The van der Waals surface area contributed by atoms with Gasteiger partial charge in [-0.3, -0.25) is 0 Å². The minimum absolute atomic E-state index is 0.632. The van der Waals surface area contributed by atoms with Crippen molar-refractivity contribution < 1.29 is 21.6 Å². The lowest BCUT2D eigenvalue weighted by Crippen LogP contribution is -2.24. The van der Waals surface area contributed by atoms with Gasteiger partial charge in [-0.15, -0.1) is 0 Å². The predicted octanol–water partition coefficient (Wildman–Crippen LogP) is -1.36. The monoisotopic (exact) mass is 220 g/mol. The lowest BCUT2D eigenvalue weighted by atomic mass is 11.7. The molecule has 11 heavy (non-hydrogen) atoms. The van der Waals surface area contributed by atoms with Gasteiger partial charge in [0.05, 0.1) is 0 Å². The number of nitrogens with one attached hydrogen (secondary N) is 1. The smallest absolute Gasteiger partial charge is 0.210 e. The first-order valence-electron chi connectivity index (χ1n) is 1.84. The number of isocyanates is 1. The van der Waals surface area contributed by atoms with E-state index in [0.29, 0.717) is 6.08 Å². The maximum atomic E-state index is 10.2. The van der Waals surface area contributed by atoms with E-state index in [1.165, 1.54) is 0 Å². The Morgan fingerprint density at radius 2 is 1.73 bits per heavy atom. The molecule has 0 aromatic heterocycles. The minimum Gasteiger partial charge on any atom is -0.210 e. The van der Waals surface area contributed by atoms with Crippen LogP contribution in [0.25, 0.3) is 0 Å². The van der Waals surface area contributed by atoms with Gasteiger partial charge in [-0.2, -0.15) is 16.8 Å². The lowest BCUT2D eigenvalue weighted by molar-refractivity contribution is 0.563. The van der Waals surface area contributed by atoms with E-state index >= 15 is 0 Å². The summed E-state index contributed by atoms with van der Waals surface area (Å²) in [6, 6.07) is 0. The molecule has 0 spiro atoms. The average molecular weight is 221 g/mol. The number of halogens is 1. The van der Waals surface area contributed by atoms with E-state index in [1.54, 1.807) is 0 Å². The molecule has 0 atom stereocenters. The van der Waals surface area contributed by atoms with Gasteiger partial charge in [0, 0.05) is 10.7 Å². The van der Waals surface area contributed by atoms with E-state index < -0.39 is 19.4 Å². The fraction of sp³-hybridized carbons (Fsp3) is 0. The normalized spacial score (nSPS) is 12.1. The Balaban J connectivity index is 4.81. The molecule has 0 radical (unpaired) electrons. The number of hydrogen-bond acceptors (Lipinski definition) is 5. The quantitative estimate of drug-likeness (QED) is 0.359. The van der Waals surface area contributed by atoms with Gasteiger partial charge in [0.25, 0.3) is 6.08 Å². The van der Waals surface area contributed by atoms with Crippen LogP contribution in [0.5, 0.6) is 0 Å². The number of hydrogen-bond donors (Lipinski definition) is 1. The molecular formula is CHClN2O5S2. The van der Waals surface area contributed by atoms with Gasteiger partial charge >= 0.3 is 19.4 Å². The molecule has 0 rings (SSSR count). The van der Waals surface area contributed by atoms with Gasteiger partial charge in [0.15, 0.2) is 0 Å². The molecule has 1 N–H and O–H groups in total. The third-order valence-electron chi connectivity index (χ3n) is 0.362. The molecule has 0 aromatic rings. The molecule has 0 aliphatic carbocycles. The van der Waals surface area contributed by atoms with Crippen molar-refractivity contribution in [3.8, 4) is 0 Å². The van der Waals surface area contributed by atoms with E-state index in [2.05, 4.69) is 15.1 Å². The van der Waals surface area contributed by atoms with Crippen molar-refractivity contribution in [2.45, 2.75) is 0 Å². The zero-order valence-corrected chi connectivity index (χ0v) is 7.07. The van der Waals surface area contributed by atoms with Crippen LogP contribution in [0.2, 0.25) is 0 Å². The number of carbonyl (C=O) groups excluding carboxylic acids is 1. The van der Waals surface area contributed by atoms with Crippen molar-refractivity contribution in [2.75, 3.05) is 0 Å². The summed E-state index contributed by atoms with van der Waals surface area (Å²) in [6.45, 7) is 0. The van der Waals surface area contributed by atoms with E-state index in [4.69, 9.17) is 0 Å². The first kappa shape index (κ1) is 10.5. The van der Waals surface area contributed by atoms with Gasteiger partial charge in [0.2, 0.25) is 0 Å². The molecule has 10 heteroatoms. The Labute approximate surface area is 66.8 Å². The molecule has 64 valence electrons. The average Bonchev–Trinajstić information content (AvgIpc) is 1.55.